The molecule has 0 aliphatic rings. The Morgan fingerprint density at radius 2 is 2.00 bits per heavy atom. The van der Waals surface area contributed by atoms with Gasteiger partial charge in [0.05, 0.1) is 0 Å². The highest BCUT2D eigenvalue weighted by Crippen LogP contribution is 2.20. The Labute approximate surface area is 99.6 Å². The van der Waals surface area contributed by atoms with Crippen LogP contribution < -0.4 is 5.32 Å². The summed E-state index contributed by atoms with van der Waals surface area (Å²) in [7, 11) is 0. The number of hydrogen-bond acceptors (Lipinski definition) is 1. The van der Waals surface area contributed by atoms with E-state index in [4.69, 9.17) is 0 Å². The maximum absolute atomic E-state index is 3.95. The fraction of sp³-hybridized carbons (Fsp3) is 0.467. The van der Waals surface area contributed by atoms with Crippen molar-refractivity contribution in [3.05, 3.63) is 48.0 Å². The van der Waals surface area contributed by atoms with E-state index in [1.807, 2.05) is 0 Å². The van der Waals surface area contributed by atoms with Crippen LogP contribution in [0, 0.1) is 0 Å². The summed E-state index contributed by atoms with van der Waals surface area (Å²) >= 11 is 0. The lowest BCUT2D eigenvalue weighted by molar-refractivity contribution is 0.498. The first kappa shape index (κ1) is 13.0. The Balaban J connectivity index is 2.51. The molecule has 0 amide bonds. The largest absolute Gasteiger partial charge is 0.310 e. The van der Waals surface area contributed by atoms with Gasteiger partial charge in [-0.05, 0) is 38.3 Å². The van der Waals surface area contributed by atoms with E-state index in [1.165, 1.54) is 24.0 Å². The van der Waals surface area contributed by atoms with Gasteiger partial charge in [-0.25, -0.2) is 0 Å². The van der Waals surface area contributed by atoms with Crippen molar-refractivity contribution >= 4 is 0 Å². The Morgan fingerprint density at radius 1 is 1.31 bits per heavy atom. The molecule has 1 aromatic carbocycles. The first-order valence-corrected chi connectivity index (χ1v) is 6.16. The molecule has 88 valence electrons. The minimum atomic E-state index is 0.491. The van der Waals surface area contributed by atoms with E-state index < -0.39 is 0 Å². The zero-order valence-electron chi connectivity index (χ0n) is 10.5. The molecule has 1 unspecified atom stereocenters. The minimum Gasteiger partial charge on any atom is -0.310 e. The monoisotopic (exact) mass is 217 g/mol. The topological polar surface area (TPSA) is 12.0 Å². The van der Waals surface area contributed by atoms with Gasteiger partial charge in [0.2, 0.25) is 0 Å². The zero-order chi connectivity index (χ0) is 11.8. The van der Waals surface area contributed by atoms with Crippen molar-refractivity contribution in [2.24, 2.45) is 0 Å². The van der Waals surface area contributed by atoms with Gasteiger partial charge in [-0.15, -0.1) is 6.58 Å². The summed E-state index contributed by atoms with van der Waals surface area (Å²) in [4.78, 5) is 0. The van der Waals surface area contributed by atoms with E-state index in [9.17, 15) is 0 Å². The molecular formula is C15H23N. The molecule has 0 heterocycles. The second-order valence-electron chi connectivity index (χ2n) is 4.37. The highest BCUT2D eigenvalue weighted by molar-refractivity contribution is 5.18. The van der Waals surface area contributed by atoms with Crippen LogP contribution in [0.3, 0.4) is 0 Å². The van der Waals surface area contributed by atoms with E-state index in [0.29, 0.717) is 6.04 Å². The molecule has 0 aliphatic heterocycles. The quantitative estimate of drug-likeness (QED) is 0.678. The molecule has 1 rings (SSSR count). The van der Waals surface area contributed by atoms with Gasteiger partial charge in [-0.1, -0.05) is 42.8 Å². The number of allylic oxidation sites excluding steroid dienone is 1. The summed E-state index contributed by atoms with van der Waals surface area (Å²) in [6, 6.07) is 11.2. The van der Waals surface area contributed by atoms with Crippen molar-refractivity contribution in [1.29, 1.82) is 0 Å². The Bertz CT molecular complexity index is 302. The first-order chi connectivity index (χ1) is 7.74. The van der Waals surface area contributed by atoms with E-state index in [0.717, 1.165) is 13.0 Å². The number of rotatable bonds is 7. The van der Waals surface area contributed by atoms with Crippen molar-refractivity contribution in [1.82, 2.24) is 5.32 Å². The lowest BCUT2D eigenvalue weighted by Gasteiger charge is -2.18. The van der Waals surface area contributed by atoms with E-state index in [2.05, 4.69) is 56.1 Å². The Kier molecular flexibility index (Phi) is 5.87. The van der Waals surface area contributed by atoms with Crippen LogP contribution >= 0.6 is 0 Å². The van der Waals surface area contributed by atoms with Crippen LogP contribution in [0.25, 0.3) is 0 Å². The summed E-state index contributed by atoms with van der Waals surface area (Å²) in [5.74, 6) is 0. The average molecular weight is 217 g/mol. The molecule has 1 heteroatoms. The number of nitrogens with one attached hydrogen (secondary N) is 1. The van der Waals surface area contributed by atoms with Gasteiger partial charge < -0.3 is 5.32 Å². The van der Waals surface area contributed by atoms with Gasteiger partial charge in [0.15, 0.2) is 0 Å². The summed E-state index contributed by atoms with van der Waals surface area (Å²) in [5.41, 5.74) is 2.68. The van der Waals surface area contributed by atoms with Gasteiger partial charge in [-0.3, -0.25) is 0 Å². The normalized spacial score (nSPS) is 12.4. The summed E-state index contributed by atoms with van der Waals surface area (Å²) in [6.45, 7) is 9.23. The SMILES string of the molecule is C=C(C)CCCC(NCC)c1ccccc1. The Hall–Kier alpha value is -1.08. The smallest absolute Gasteiger partial charge is 0.0320 e. The maximum atomic E-state index is 3.95. The van der Waals surface area contributed by atoms with Crippen LogP contribution in [0.2, 0.25) is 0 Å². The highest BCUT2D eigenvalue weighted by Gasteiger charge is 2.08. The van der Waals surface area contributed by atoms with E-state index in [1.54, 1.807) is 0 Å². The van der Waals surface area contributed by atoms with Gasteiger partial charge >= 0.3 is 0 Å². The van der Waals surface area contributed by atoms with Crippen LogP contribution in [0.5, 0.6) is 0 Å². The van der Waals surface area contributed by atoms with Crippen molar-refractivity contribution in [3.63, 3.8) is 0 Å². The van der Waals surface area contributed by atoms with Crippen molar-refractivity contribution in [3.8, 4) is 0 Å². The average Bonchev–Trinajstić information content (AvgIpc) is 2.29. The molecule has 0 radical (unpaired) electrons. The fourth-order valence-corrected chi connectivity index (χ4v) is 1.93. The van der Waals surface area contributed by atoms with Gasteiger partial charge in [0.25, 0.3) is 0 Å². The van der Waals surface area contributed by atoms with E-state index in [-0.39, 0.29) is 0 Å². The summed E-state index contributed by atoms with van der Waals surface area (Å²) in [6.07, 6.45) is 3.53. The molecule has 0 aromatic heterocycles. The molecule has 16 heavy (non-hydrogen) atoms. The third-order valence-electron chi connectivity index (χ3n) is 2.75. The molecule has 1 nitrogen and oxygen atoms in total. The molecule has 0 saturated carbocycles. The molecule has 0 spiro atoms. The maximum Gasteiger partial charge on any atom is 0.0320 e. The summed E-state index contributed by atoms with van der Waals surface area (Å²) in [5, 5.41) is 3.54. The molecule has 1 N–H and O–H groups in total. The van der Waals surface area contributed by atoms with Crippen LogP contribution in [0.1, 0.15) is 44.7 Å². The predicted octanol–water partition coefficient (Wildman–Crippen LogP) is 4.08. The van der Waals surface area contributed by atoms with Crippen LogP contribution in [0.4, 0.5) is 0 Å². The predicted molar refractivity (Wildman–Crippen MR) is 71.5 cm³/mol. The molecular weight excluding hydrogens is 194 g/mol. The van der Waals surface area contributed by atoms with Crippen molar-refractivity contribution < 1.29 is 0 Å². The fourth-order valence-electron chi connectivity index (χ4n) is 1.93. The third-order valence-corrected chi connectivity index (χ3v) is 2.75. The second kappa shape index (κ2) is 7.24. The lowest BCUT2D eigenvalue weighted by Crippen LogP contribution is -2.20. The van der Waals surface area contributed by atoms with Crippen LogP contribution in [-0.2, 0) is 0 Å². The number of benzene rings is 1. The Morgan fingerprint density at radius 3 is 2.56 bits per heavy atom. The van der Waals surface area contributed by atoms with Gasteiger partial charge in [0, 0.05) is 6.04 Å². The van der Waals surface area contributed by atoms with E-state index >= 15 is 0 Å². The zero-order valence-corrected chi connectivity index (χ0v) is 10.5. The van der Waals surface area contributed by atoms with Gasteiger partial charge in [-0.2, -0.15) is 0 Å². The van der Waals surface area contributed by atoms with Crippen molar-refractivity contribution in [2.75, 3.05) is 6.54 Å². The standard InChI is InChI=1S/C15H23N/c1-4-16-15(12-8-9-13(2)3)14-10-6-5-7-11-14/h5-7,10-11,15-16H,2,4,8-9,12H2,1,3H3. The molecule has 1 aromatic rings. The second-order valence-corrected chi connectivity index (χ2v) is 4.37. The highest BCUT2D eigenvalue weighted by atomic mass is 14.9. The molecule has 0 fully saturated rings. The van der Waals surface area contributed by atoms with Crippen LogP contribution in [0.15, 0.2) is 42.5 Å². The molecule has 0 aliphatic carbocycles. The molecule has 1 atom stereocenters. The van der Waals surface area contributed by atoms with Crippen molar-refractivity contribution in [2.45, 2.75) is 39.2 Å². The van der Waals surface area contributed by atoms with Crippen LogP contribution in [-0.4, -0.2) is 6.54 Å². The first-order valence-electron chi connectivity index (χ1n) is 6.16. The third kappa shape index (κ3) is 4.63. The molecule has 0 saturated heterocycles. The summed E-state index contributed by atoms with van der Waals surface area (Å²) < 4.78 is 0. The van der Waals surface area contributed by atoms with Gasteiger partial charge in [0.1, 0.15) is 0 Å². The lowest BCUT2D eigenvalue weighted by atomic mass is 10.00. The minimum absolute atomic E-state index is 0.491. The number of hydrogen-bond donors (Lipinski definition) is 1. The molecule has 0 bridgehead atoms.